The average Bonchev–Trinajstić information content (AvgIpc) is 3.23. The Morgan fingerprint density at radius 2 is 2.30 bits per heavy atom. The first-order valence-corrected chi connectivity index (χ1v) is 7.44. The topological polar surface area (TPSA) is 87.1 Å². The van der Waals surface area contributed by atoms with E-state index in [9.17, 15) is 0 Å². The number of aromatic nitrogens is 3. The maximum Gasteiger partial charge on any atom is 0.141 e. The summed E-state index contributed by atoms with van der Waals surface area (Å²) in [5, 5.41) is 16.0. The number of benzene rings is 1. The number of hydrogen-bond acceptors (Lipinski definition) is 6. The lowest BCUT2D eigenvalue weighted by molar-refractivity contribution is 0.107. The van der Waals surface area contributed by atoms with Crippen LogP contribution in [0.5, 0.6) is 5.75 Å². The fourth-order valence-electron chi connectivity index (χ4n) is 3.06. The highest BCUT2D eigenvalue weighted by Gasteiger charge is 2.35. The summed E-state index contributed by atoms with van der Waals surface area (Å²) in [6.07, 6.45) is 2.52. The van der Waals surface area contributed by atoms with Crippen molar-refractivity contribution in [1.29, 1.82) is 5.26 Å². The van der Waals surface area contributed by atoms with Gasteiger partial charge in [0.2, 0.25) is 0 Å². The third-order valence-corrected chi connectivity index (χ3v) is 4.23. The molecular weight excluding hydrogens is 294 g/mol. The summed E-state index contributed by atoms with van der Waals surface area (Å²) in [5.41, 5.74) is 1.60. The fraction of sp³-hybridized carbons (Fsp3) is 0.438. The lowest BCUT2D eigenvalue weighted by Crippen LogP contribution is -2.25. The zero-order chi connectivity index (χ0) is 16.2. The quantitative estimate of drug-likeness (QED) is 0.903. The van der Waals surface area contributed by atoms with E-state index in [2.05, 4.69) is 26.2 Å². The first kappa shape index (κ1) is 15.5. The summed E-state index contributed by atoms with van der Waals surface area (Å²) in [7, 11) is 3.36. The van der Waals surface area contributed by atoms with E-state index in [0.29, 0.717) is 12.1 Å². The number of nitrogens with one attached hydrogen (secondary N) is 1. The van der Waals surface area contributed by atoms with Crippen molar-refractivity contribution in [2.24, 2.45) is 0 Å². The number of hydrogen-bond donors (Lipinski definition) is 1. The molecule has 2 heterocycles. The number of ether oxygens (including phenoxy) is 2. The van der Waals surface area contributed by atoms with Crippen LogP contribution in [0.15, 0.2) is 24.5 Å². The molecule has 0 bridgehead atoms. The Bertz CT molecular complexity index is 695. The van der Waals surface area contributed by atoms with Gasteiger partial charge < -0.3 is 9.47 Å². The largest absolute Gasteiger partial charge is 0.496 e. The van der Waals surface area contributed by atoms with Gasteiger partial charge in [-0.3, -0.25) is 10.00 Å². The van der Waals surface area contributed by atoms with Crippen molar-refractivity contribution in [2.45, 2.75) is 25.1 Å². The summed E-state index contributed by atoms with van der Waals surface area (Å²) >= 11 is 0. The van der Waals surface area contributed by atoms with Crippen molar-refractivity contribution in [3.8, 4) is 11.8 Å². The highest BCUT2D eigenvalue weighted by Crippen LogP contribution is 2.34. The third-order valence-electron chi connectivity index (χ3n) is 4.23. The van der Waals surface area contributed by atoms with E-state index >= 15 is 0 Å². The molecule has 0 spiro atoms. The van der Waals surface area contributed by atoms with Gasteiger partial charge in [0.05, 0.1) is 30.9 Å². The van der Waals surface area contributed by atoms with E-state index in [1.165, 1.54) is 6.33 Å². The van der Waals surface area contributed by atoms with Crippen LogP contribution >= 0.6 is 0 Å². The normalized spacial score (nSPS) is 21.3. The maximum absolute atomic E-state index is 9.12. The molecule has 1 aromatic carbocycles. The molecular formula is C16H19N5O2. The lowest BCUT2D eigenvalue weighted by atomic mass is 10.1. The van der Waals surface area contributed by atoms with Crippen LogP contribution in [0.1, 0.15) is 29.4 Å². The van der Waals surface area contributed by atoms with Gasteiger partial charge in [0.1, 0.15) is 17.9 Å². The SMILES string of the molecule is COc1ccc(C#N)cc1CN1C[C@H](OC)C[C@H]1c1ncn[nH]1. The standard InChI is InChI=1S/C16H19N5O2/c1-22-13-6-14(16-18-10-19-20-16)21(9-13)8-12-5-11(7-17)3-4-15(12)23-2/h3-5,10,13-14H,6,8-9H2,1-2H3,(H,18,19,20)/t13-,14+/m1/s1. The molecule has 0 amide bonds. The van der Waals surface area contributed by atoms with Gasteiger partial charge in [-0.1, -0.05) is 0 Å². The molecule has 1 aliphatic rings. The minimum absolute atomic E-state index is 0.109. The zero-order valence-electron chi connectivity index (χ0n) is 13.2. The van der Waals surface area contributed by atoms with E-state index in [1.54, 1.807) is 20.3 Å². The van der Waals surface area contributed by atoms with Gasteiger partial charge >= 0.3 is 0 Å². The van der Waals surface area contributed by atoms with Gasteiger partial charge in [-0.15, -0.1) is 0 Å². The van der Waals surface area contributed by atoms with Crippen LogP contribution in [-0.4, -0.2) is 46.9 Å². The van der Waals surface area contributed by atoms with Crippen LogP contribution in [-0.2, 0) is 11.3 Å². The number of methoxy groups -OCH3 is 2. The van der Waals surface area contributed by atoms with Crippen molar-refractivity contribution >= 4 is 0 Å². The Balaban J connectivity index is 1.87. The smallest absolute Gasteiger partial charge is 0.141 e. The Morgan fingerprint density at radius 1 is 1.43 bits per heavy atom. The van der Waals surface area contributed by atoms with Gasteiger partial charge in [0.15, 0.2) is 0 Å². The van der Waals surface area contributed by atoms with Crippen LogP contribution in [0, 0.1) is 11.3 Å². The highest BCUT2D eigenvalue weighted by molar-refractivity contribution is 5.42. The molecule has 1 fully saturated rings. The molecule has 23 heavy (non-hydrogen) atoms. The highest BCUT2D eigenvalue weighted by atomic mass is 16.5. The van der Waals surface area contributed by atoms with E-state index in [0.717, 1.165) is 30.1 Å². The minimum atomic E-state index is 0.109. The predicted molar refractivity (Wildman–Crippen MR) is 82.7 cm³/mol. The van der Waals surface area contributed by atoms with Crippen molar-refractivity contribution in [1.82, 2.24) is 20.1 Å². The van der Waals surface area contributed by atoms with E-state index < -0.39 is 0 Å². The molecule has 2 atom stereocenters. The summed E-state index contributed by atoms with van der Waals surface area (Å²) < 4.78 is 11.0. The van der Waals surface area contributed by atoms with Crippen LogP contribution in [0.4, 0.5) is 0 Å². The molecule has 3 rings (SSSR count). The lowest BCUT2D eigenvalue weighted by Gasteiger charge is -2.23. The molecule has 1 aliphatic heterocycles. The number of rotatable bonds is 5. The minimum Gasteiger partial charge on any atom is -0.496 e. The maximum atomic E-state index is 9.12. The second-order valence-electron chi connectivity index (χ2n) is 5.55. The monoisotopic (exact) mass is 313 g/mol. The second-order valence-corrected chi connectivity index (χ2v) is 5.55. The molecule has 7 nitrogen and oxygen atoms in total. The number of nitriles is 1. The van der Waals surface area contributed by atoms with Crippen LogP contribution in [0.2, 0.25) is 0 Å². The number of likely N-dealkylation sites (tertiary alicyclic amines) is 1. The molecule has 2 aromatic rings. The molecule has 1 saturated heterocycles. The van der Waals surface area contributed by atoms with E-state index in [1.807, 2.05) is 12.1 Å². The van der Waals surface area contributed by atoms with Gasteiger partial charge in [-0.05, 0) is 24.6 Å². The number of nitrogens with zero attached hydrogens (tertiary/aromatic N) is 4. The van der Waals surface area contributed by atoms with Crippen molar-refractivity contribution in [2.75, 3.05) is 20.8 Å². The van der Waals surface area contributed by atoms with Gasteiger partial charge in [-0.25, -0.2) is 4.98 Å². The van der Waals surface area contributed by atoms with Crippen molar-refractivity contribution < 1.29 is 9.47 Å². The Hall–Kier alpha value is -2.43. The molecule has 0 saturated carbocycles. The van der Waals surface area contributed by atoms with Gasteiger partial charge in [0, 0.05) is 25.8 Å². The Labute approximate surface area is 134 Å². The summed E-state index contributed by atoms with van der Waals surface area (Å²) in [6, 6.07) is 7.75. The molecule has 1 aromatic heterocycles. The number of H-pyrrole nitrogens is 1. The van der Waals surface area contributed by atoms with Crippen molar-refractivity contribution in [3.05, 3.63) is 41.5 Å². The first-order chi connectivity index (χ1) is 11.2. The molecule has 1 N–H and O–H groups in total. The van der Waals surface area contributed by atoms with E-state index in [4.69, 9.17) is 14.7 Å². The van der Waals surface area contributed by atoms with Gasteiger partial charge in [0.25, 0.3) is 0 Å². The van der Waals surface area contributed by atoms with Gasteiger partial charge in [-0.2, -0.15) is 10.4 Å². The third kappa shape index (κ3) is 3.18. The Kier molecular flexibility index (Phi) is 4.55. The fourth-order valence-corrected chi connectivity index (χ4v) is 3.06. The van der Waals surface area contributed by atoms with E-state index in [-0.39, 0.29) is 12.1 Å². The average molecular weight is 313 g/mol. The van der Waals surface area contributed by atoms with Crippen LogP contribution in [0.3, 0.4) is 0 Å². The molecule has 0 aliphatic carbocycles. The summed E-state index contributed by atoms with van der Waals surface area (Å²) in [5.74, 6) is 1.61. The molecule has 120 valence electrons. The molecule has 0 radical (unpaired) electrons. The predicted octanol–water partition coefficient (Wildman–Crippen LogP) is 1.65. The second kappa shape index (κ2) is 6.77. The molecule has 0 unspecified atom stereocenters. The van der Waals surface area contributed by atoms with Crippen molar-refractivity contribution in [3.63, 3.8) is 0 Å². The van der Waals surface area contributed by atoms with Crippen LogP contribution in [0.25, 0.3) is 0 Å². The number of aromatic amines is 1. The summed E-state index contributed by atoms with van der Waals surface area (Å²) in [6.45, 7) is 1.45. The Morgan fingerprint density at radius 3 is 2.96 bits per heavy atom. The zero-order valence-corrected chi connectivity index (χ0v) is 13.2. The molecule has 7 heteroatoms. The van der Waals surface area contributed by atoms with Crippen LogP contribution < -0.4 is 4.74 Å². The first-order valence-electron chi connectivity index (χ1n) is 7.44. The summed E-state index contributed by atoms with van der Waals surface area (Å²) in [4.78, 5) is 6.56.